The molecular formula is C36H42N4O5. The van der Waals surface area contributed by atoms with Gasteiger partial charge in [-0.1, -0.05) is 66.7 Å². The number of aryl methyl sites for hydroxylation is 1. The fourth-order valence-corrected chi connectivity index (χ4v) is 5.07. The van der Waals surface area contributed by atoms with Crippen LogP contribution in [0.1, 0.15) is 56.7 Å². The Morgan fingerprint density at radius 3 is 2.40 bits per heavy atom. The van der Waals surface area contributed by atoms with Gasteiger partial charge in [-0.2, -0.15) is 0 Å². The quantitative estimate of drug-likeness (QED) is 0.114. The van der Waals surface area contributed by atoms with Crippen LogP contribution < -0.4 is 16.0 Å². The van der Waals surface area contributed by atoms with Crippen molar-refractivity contribution in [2.24, 2.45) is 0 Å². The van der Waals surface area contributed by atoms with Crippen LogP contribution in [0.3, 0.4) is 0 Å². The number of hydrogen-bond donors (Lipinski definition) is 4. The molecule has 0 fully saturated rings. The Balaban J connectivity index is 1.38. The first-order valence-corrected chi connectivity index (χ1v) is 15.4. The zero-order valence-corrected chi connectivity index (χ0v) is 26.1. The Labute approximate surface area is 264 Å². The van der Waals surface area contributed by atoms with E-state index >= 15 is 0 Å². The van der Waals surface area contributed by atoms with E-state index in [2.05, 4.69) is 39.1 Å². The van der Waals surface area contributed by atoms with Gasteiger partial charge in [0.2, 0.25) is 11.8 Å². The first-order chi connectivity index (χ1) is 21.7. The number of carboxylic acid groups (broad SMARTS) is 1. The highest BCUT2D eigenvalue weighted by atomic mass is 16.5. The number of fused-ring (bicyclic) bond motifs is 1. The van der Waals surface area contributed by atoms with Crippen LogP contribution in [0.25, 0.3) is 21.9 Å². The van der Waals surface area contributed by atoms with E-state index < -0.39 is 24.0 Å². The Hall–Kier alpha value is -4.76. The fourth-order valence-electron chi connectivity index (χ4n) is 5.07. The number of unbranched alkanes of at least 4 members (excludes halogenated alkanes) is 1. The van der Waals surface area contributed by atoms with Crippen molar-refractivity contribution in [2.75, 3.05) is 18.5 Å². The van der Waals surface area contributed by atoms with Gasteiger partial charge in [0.15, 0.2) is 0 Å². The molecule has 1 heterocycles. The molecule has 4 aromatic rings. The van der Waals surface area contributed by atoms with Gasteiger partial charge in [-0.15, -0.1) is 0 Å². The van der Waals surface area contributed by atoms with Crippen molar-refractivity contribution < 1.29 is 24.2 Å². The van der Waals surface area contributed by atoms with E-state index in [0.717, 1.165) is 39.7 Å². The lowest BCUT2D eigenvalue weighted by molar-refractivity contribution is -0.138. The standard InChI is InChI=1S/C36H42N4O5/c1-24(2)45-23-32(39-34(41)13-6-7-19-37-33-21-25(3)18-20-38-33)36(44)40-31(22-35(42)43)28-16-14-27(15-17-28)30-12-8-10-26-9-4-5-11-29(26)30/h4-5,8-12,14-18,20-21,24,31-32H,6-7,13,19,22-23H2,1-3H3,(H,37,38)(H,39,41)(H,40,44)(H,42,43)/t31-,32-/m0/s1. The fraction of sp³-hybridized carbons (Fsp3) is 0.333. The van der Waals surface area contributed by atoms with Crippen LogP contribution in [0.4, 0.5) is 5.82 Å². The molecular weight excluding hydrogens is 568 g/mol. The molecule has 0 unspecified atom stereocenters. The van der Waals surface area contributed by atoms with Crippen molar-refractivity contribution in [3.63, 3.8) is 0 Å². The molecule has 45 heavy (non-hydrogen) atoms. The number of anilines is 1. The zero-order valence-electron chi connectivity index (χ0n) is 26.1. The summed E-state index contributed by atoms with van der Waals surface area (Å²) >= 11 is 0. The Morgan fingerprint density at radius 1 is 0.911 bits per heavy atom. The molecule has 0 spiro atoms. The number of carbonyl (C=O) groups excluding carboxylic acids is 2. The molecule has 236 valence electrons. The largest absolute Gasteiger partial charge is 0.481 e. The number of pyridine rings is 1. The van der Waals surface area contributed by atoms with Crippen molar-refractivity contribution >= 4 is 34.4 Å². The second-order valence-corrected chi connectivity index (χ2v) is 11.4. The molecule has 0 aliphatic rings. The second-order valence-electron chi connectivity index (χ2n) is 11.4. The summed E-state index contributed by atoms with van der Waals surface area (Å²) in [4.78, 5) is 42.3. The Morgan fingerprint density at radius 2 is 1.67 bits per heavy atom. The highest BCUT2D eigenvalue weighted by Gasteiger charge is 2.26. The van der Waals surface area contributed by atoms with E-state index in [1.54, 1.807) is 6.20 Å². The number of amides is 2. The molecule has 0 bridgehead atoms. The van der Waals surface area contributed by atoms with Crippen LogP contribution in [0.5, 0.6) is 0 Å². The molecule has 0 aliphatic carbocycles. The van der Waals surface area contributed by atoms with Gasteiger partial charge in [-0.05, 0) is 78.8 Å². The summed E-state index contributed by atoms with van der Waals surface area (Å²) in [7, 11) is 0. The van der Waals surface area contributed by atoms with E-state index in [-0.39, 0.29) is 31.5 Å². The number of nitrogens with zero attached hydrogens (tertiary/aromatic N) is 1. The minimum Gasteiger partial charge on any atom is -0.481 e. The van der Waals surface area contributed by atoms with Crippen molar-refractivity contribution in [1.29, 1.82) is 0 Å². The lowest BCUT2D eigenvalue weighted by atomic mass is 9.95. The average Bonchev–Trinajstić information content (AvgIpc) is 3.02. The van der Waals surface area contributed by atoms with E-state index in [4.69, 9.17) is 4.74 Å². The molecule has 2 amide bonds. The minimum atomic E-state index is -1.05. The summed E-state index contributed by atoms with van der Waals surface area (Å²) in [5.41, 5.74) is 3.81. The molecule has 0 aliphatic heterocycles. The lowest BCUT2D eigenvalue weighted by Gasteiger charge is -2.24. The van der Waals surface area contributed by atoms with Crippen LogP contribution in [-0.4, -0.2) is 53.2 Å². The van der Waals surface area contributed by atoms with E-state index in [1.165, 1.54) is 0 Å². The number of carbonyl (C=O) groups is 3. The maximum atomic E-state index is 13.4. The molecule has 9 heteroatoms. The van der Waals surface area contributed by atoms with Crippen LogP contribution in [-0.2, 0) is 19.1 Å². The van der Waals surface area contributed by atoms with Gasteiger partial charge in [0, 0.05) is 19.2 Å². The van der Waals surface area contributed by atoms with Crippen molar-refractivity contribution in [3.05, 3.63) is 96.2 Å². The number of carboxylic acids is 1. The third-order valence-corrected chi connectivity index (χ3v) is 7.41. The topological polar surface area (TPSA) is 130 Å². The van der Waals surface area contributed by atoms with Gasteiger partial charge in [-0.3, -0.25) is 14.4 Å². The first-order valence-electron chi connectivity index (χ1n) is 15.4. The van der Waals surface area contributed by atoms with E-state index in [1.807, 2.05) is 81.4 Å². The summed E-state index contributed by atoms with van der Waals surface area (Å²) in [5, 5.41) is 20.8. The normalized spacial score (nSPS) is 12.4. The SMILES string of the molecule is Cc1ccnc(NCCCCC(=O)N[C@@H](COC(C)C)C(=O)N[C@@H](CC(=O)O)c2ccc(-c3cccc4ccccc34)cc2)c1. The number of hydrogen-bond acceptors (Lipinski definition) is 6. The third kappa shape index (κ3) is 10.1. The molecule has 4 N–H and O–H groups in total. The summed E-state index contributed by atoms with van der Waals surface area (Å²) in [6.07, 6.45) is 2.89. The molecule has 1 aromatic heterocycles. The molecule has 2 atom stereocenters. The monoisotopic (exact) mass is 610 g/mol. The average molecular weight is 611 g/mol. The van der Waals surface area contributed by atoms with Crippen molar-refractivity contribution in [3.8, 4) is 11.1 Å². The summed E-state index contributed by atoms with van der Waals surface area (Å²) in [5.74, 6) is -1.03. The number of rotatable bonds is 16. The van der Waals surface area contributed by atoms with E-state index in [9.17, 15) is 19.5 Å². The maximum Gasteiger partial charge on any atom is 0.305 e. The zero-order chi connectivity index (χ0) is 32.2. The van der Waals surface area contributed by atoms with Crippen molar-refractivity contribution in [1.82, 2.24) is 15.6 Å². The predicted molar refractivity (Wildman–Crippen MR) is 177 cm³/mol. The van der Waals surface area contributed by atoms with Gasteiger partial charge in [0.25, 0.3) is 0 Å². The smallest absolute Gasteiger partial charge is 0.305 e. The molecule has 0 saturated heterocycles. The van der Waals surface area contributed by atoms with Gasteiger partial charge < -0.3 is 25.8 Å². The Kier molecular flexibility index (Phi) is 12.0. The lowest BCUT2D eigenvalue weighted by Crippen LogP contribution is -2.50. The van der Waals surface area contributed by atoms with Gasteiger partial charge >= 0.3 is 5.97 Å². The van der Waals surface area contributed by atoms with Gasteiger partial charge in [0.1, 0.15) is 11.9 Å². The highest BCUT2D eigenvalue weighted by Crippen LogP contribution is 2.30. The maximum absolute atomic E-state index is 13.4. The Bertz CT molecular complexity index is 1580. The van der Waals surface area contributed by atoms with Gasteiger partial charge in [0.05, 0.1) is 25.2 Å². The number of aliphatic carboxylic acids is 1. The van der Waals surface area contributed by atoms with E-state index in [0.29, 0.717) is 18.5 Å². The minimum absolute atomic E-state index is 0.0321. The number of benzene rings is 3. The number of nitrogens with one attached hydrogen (secondary N) is 3. The molecule has 0 saturated carbocycles. The number of ether oxygens (including phenoxy) is 1. The predicted octanol–water partition coefficient (Wildman–Crippen LogP) is 6.03. The second kappa shape index (κ2) is 16.4. The first kappa shape index (κ1) is 33.1. The highest BCUT2D eigenvalue weighted by molar-refractivity contribution is 5.96. The van der Waals surface area contributed by atoms with Crippen LogP contribution >= 0.6 is 0 Å². The van der Waals surface area contributed by atoms with Gasteiger partial charge in [-0.25, -0.2) is 4.98 Å². The third-order valence-electron chi connectivity index (χ3n) is 7.41. The molecule has 3 aromatic carbocycles. The molecule has 9 nitrogen and oxygen atoms in total. The summed E-state index contributed by atoms with van der Waals surface area (Å²) in [6.45, 7) is 6.32. The molecule has 4 rings (SSSR count). The summed E-state index contributed by atoms with van der Waals surface area (Å²) < 4.78 is 5.69. The number of aromatic nitrogens is 1. The van der Waals surface area contributed by atoms with Crippen LogP contribution in [0.2, 0.25) is 0 Å². The molecule has 0 radical (unpaired) electrons. The summed E-state index contributed by atoms with van der Waals surface area (Å²) in [6, 6.07) is 23.9. The van der Waals surface area contributed by atoms with Crippen LogP contribution in [0, 0.1) is 6.92 Å². The van der Waals surface area contributed by atoms with Crippen LogP contribution in [0.15, 0.2) is 85.1 Å². The van der Waals surface area contributed by atoms with Crippen molar-refractivity contribution in [2.45, 2.75) is 64.6 Å².